The van der Waals surface area contributed by atoms with Gasteiger partial charge in [-0.1, -0.05) is 0 Å². The van der Waals surface area contributed by atoms with E-state index in [9.17, 15) is 0 Å². The van der Waals surface area contributed by atoms with Gasteiger partial charge in [-0.05, 0) is 0 Å². The van der Waals surface area contributed by atoms with E-state index in [-0.39, 0.29) is 13.2 Å². The second-order valence-corrected chi connectivity index (χ2v) is 1.69. The van der Waals surface area contributed by atoms with Gasteiger partial charge >= 0.3 is 0 Å². The Hall–Kier alpha value is -0.910. The molecule has 1 rings (SSSR count). The molecule has 0 unspecified atom stereocenters. The molecule has 0 aliphatic heterocycles. The maximum Gasteiger partial charge on any atom is 0.180 e. The zero-order valence-corrected chi connectivity index (χ0v) is 5.92. The Labute approximate surface area is 63.9 Å². The SMILES string of the molecule is OCC(O)CO.c1cocn1. The van der Waals surface area contributed by atoms with Crippen molar-refractivity contribution in [2.45, 2.75) is 6.10 Å². The van der Waals surface area contributed by atoms with E-state index in [1.807, 2.05) is 0 Å². The first kappa shape index (κ1) is 10.1. The molecule has 3 N–H and O–H groups in total. The monoisotopic (exact) mass is 161 g/mol. The minimum Gasteiger partial charge on any atom is -0.452 e. The highest BCUT2D eigenvalue weighted by atomic mass is 16.3. The number of hydrogen-bond acceptors (Lipinski definition) is 5. The van der Waals surface area contributed by atoms with Crippen molar-refractivity contribution >= 4 is 0 Å². The molecule has 1 heterocycles. The summed E-state index contributed by atoms with van der Waals surface area (Å²) >= 11 is 0. The third-order valence-corrected chi connectivity index (χ3v) is 0.769. The van der Waals surface area contributed by atoms with E-state index in [0.29, 0.717) is 0 Å². The van der Waals surface area contributed by atoms with E-state index in [0.717, 1.165) is 0 Å². The first-order valence-electron chi connectivity index (χ1n) is 3.03. The molecule has 0 aliphatic rings. The summed E-state index contributed by atoms with van der Waals surface area (Å²) in [6.45, 7) is -0.729. The smallest absolute Gasteiger partial charge is 0.180 e. The fourth-order valence-corrected chi connectivity index (χ4v) is 0.233. The molecule has 5 nitrogen and oxygen atoms in total. The van der Waals surface area contributed by atoms with Gasteiger partial charge < -0.3 is 19.7 Å². The number of aliphatic hydroxyl groups is 3. The van der Waals surface area contributed by atoms with Gasteiger partial charge in [0.15, 0.2) is 6.39 Å². The fraction of sp³-hybridized carbons (Fsp3) is 0.500. The van der Waals surface area contributed by atoms with Crippen LogP contribution in [-0.2, 0) is 0 Å². The molecular formula is C6H11NO4. The first-order chi connectivity index (χ1) is 5.31. The van der Waals surface area contributed by atoms with Crippen molar-refractivity contribution in [3.63, 3.8) is 0 Å². The van der Waals surface area contributed by atoms with Crippen molar-refractivity contribution in [2.75, 3.05) is 13.2 Å². The third kappa shape index (κ3) is 6.98. The summed E-state index contributed by atoms with van der Waals surface area (Å²) in [4.78, 5) is 3.56. The molecule has 0 saturated carbocycles. The zero-order chi connectivity index (χ0) is 8.53. The molecule has 1 aromatic rings. The summed E-state index contributed by atoms with van der Waals surface area (Å²) in [6, 6.07) is 0. The standard InChI is InChI=1S/C3H3NO.C3H8O3/c1-2-5-3-4-1;4-1-3(6)2-5/h1-3H;3-6H,1-2H2. The van der Waals surface area contributed by atoms with Crippen LogP contribution in [0.15, 0.2) is 23.3 Å². The van der Waals surface area contributed by atoms with Crippen molar-refractivity contribution < 1.29 is 19.7 Å². The van der Waals surface area contributed by atoms with Crippen molar-refractivity contribution in [1.82, 2.24) is 4.98 Å². The van der Waals surface area contributed by atoms with Crippen LogP contribution in [0.4, 0.5) is 0 Å². The first-order valence-corrected chi connectivity index (χ1v) is 3.03. The van der Waals surface area contributed by atoms with Gasteiger partial charge in [-0.25, -0.2) is 4.98 Å². The van der Waals surface area contributed by atoms with Gasteiger partial charge in [0, 0.05) is 0 Å². The van der Waals surface area contributed by atoms with E-state index >= 15 is 0 Å². The number of aliphatic hydroxyl groups excluding tert-OH is 3. The fourth-order valence-electron chi connectivity index (χ4n) is 0.233. The van der Waals surface area contributed by atoms with Crippen LogP contribution < -0.4 is 0 Å². The van der Waals surface area contributed by atoms with Gasteiger partial charge in [-0.3, -0.25) is 0 Å². The molecule has 64 valence electrons. The lowest BCUT2D eigenvalue weighted by Gasteiger charge is -1.96. The van der Waals surface area contributed by atoms with Crippen molar-refractivity contribution in [1.29, 1.82) is 0 Å². The van der Waals surface area contributed by atoms with Crippen LogP contribution in [0.25, 0.3) is 0 Å². The highest BCUT2D eigenvalue weighted by Crippen LogP contribution is 1.72. The highest BCUT2D eigenvalue weighted by molar-refractivity contribution is 4.56. The van der Waals surface area contributed by atoms with E-state index in [4.69, 9.17) is 15.3 Å². The molecule has 0 aliphatic carbocycles. The molecule has 0 saturated heterocycles. The van der Waals surface area contributed by atoms with Gasteiger partial charge in [0.05, 0.1) is 19.4 Å². The minimum atomic E-state index is -0.954. The molecule has 11 heavy (non-hydrogen) atoms. The summed E-state index contributed by atoms with van der Waals surface area (Å²) in [5.74, 6) is 0. The number of rotatable bonds is 2. The number of hydrogen-bond donors (Lipinski definition) is 3. The lowest BCUT2D eigenvalue weighted by Crippen LogP contribution is -2.15. The summed E-state index contributed by atoms with van der Waals surface area (Å²) < 4.78 is 4.47. The second kappa shape index (κ2) is 7.20. The van der Waals surface area contributed by atoms with Crippen LogP contribution in [0.2, 0.25) is 0 Å². The average molecular weight is 161 g/mol. The Balaban J connectivity index is 0.000000183. The Kier molecular flexibility index (Phi) is 6.60. The summed E-state index contributed by atoms with van der Waals surface area (Å²) in [5.41, 5.74) is 0. The van der Waals surface area contributed by atoms with Gasteiger partial charge in [-0.15, -0.1) is 0 Å². The quantitative estimate of drug-likeness (QED) is 0.518. The van der Waals surface area contributed by atoms with Gasteiger partial charge in [0.2, 0.25) is 0 Å². The van der Waals surface area contributed by atoms with Crippen molar-refractivity contribution in [2.24, 2.45) is 0 Å². The molecule has 5 heteroatoms. The average Bonchev–Trinajstić information content (AvgIpc) is 2.60. The molecule has 0 aromatic carbocycles. The number of nitrogens with zero attached hydrogens (tertiary/aromatic N) is 1. The largest absolute Gasteiger partial charge is 0.452 e. The molecule has 0 radical (unpaired) electrons. The van der Waals surface area contributed by atoms with Gasteiger partial charge in [-0.2, -0.15) is 0 Å². The molecule has 0 bridgehead atoms. The molecule has 1 aromatic heterocycles. The molecular weight excluding hydrogens is 150 g/mol. The normalized spacial score (nSPS) is 9.09. The molecule has 0 atom stereocenters. The van der Waals surface area contributed by atoms with E-state index < -0.39 is 6.10 Å². The lowest BCUT2D eigenvalue weighted by atomic mass is 10.4. The minimum absolute atomic E-state index is 0.365. The highest BCUT2D eigenvalue weighted by Gasteiger charge is 1.93. The van der Waals surface area contributed by atoms with Crippen LogP contribution in [0, 0.1) is 0 Å². The Bertz CT molecular complexity index is 121. The molecule has 0 spiro atoms. The van der Waals surface area contributed by atoms with E-state index in [2.05, 4.69) is 9.40 Å². The van der Waals surface area contributed by atoms with Crippen LogP contribution in [0.1, 0.15) is 0 Å². The lowest BCUT2D eigenvalue weighted by molar-refractivity contribution is 0.0450. The Morgan fingerprint density at radius 3 is 2.09 bits per heavy atom. The van der Waals surface area contributed by atoms with E-state index in [1.54, 1.807) is 6.20 Å². The molecule has 0 amide bonds. The summed E-state index contributed by atoms with van der Waals surface area (Å²) in [5, 5.41) is 24.0. The van der Waals surface area contributed by atoms with E-state index in [1.165, 1.54) is 12.7 Å². The molecule has 0 fully saturated rings. The van der Waals surface area contributed by atoms with Crippen LogP contribution in [-0.4, -0.2) is 39.6 Å². The van der Waals surface area contributed by atoms with Gasteiger partial charge in [0.25, 0.3) is 0 Å². The maximum absolute atomic E-state index is 8.17. The Morgan fingerprint density at radius 2 is 2.00 bits per heavy atom. The predicted molar refractivity (Wildman–Crippen MR) is 36.7 cm³/mol. The third-order valence-electron chi connectivity index (χ3n) is 0.769. The second-order valence-electron chi connectivity index (χ2n) is 1.69. The predicted octanol–water partition coefficient (Wildman–Crippen LogP) is -0.994. The Morgan fingerprint density at radius 1 is 1.36 bits per heavy atom. The number of aromatic nitrogens is 1. The summed E-state index contributed by atoms with van der Waals surface area (Å²) in [7, 11) is 0. The zero-order valence-electron chi connectivity index (χ0n) is 5.92. The van der Waals surface area contributed by atoms with Crippen LogP contribution >= 0.6 is 0 Å². The maximum atomic E-state index is 8.17. The topological polar surface area (TPSA) is 86.7 Å². The number of oxazole rings is 1. The summed E-state index contributed by atoms with van der Waals surface area (Å²) in [6.07, 6.45) is 3.52. The van der Waals surface area contributed by atoms with Crippen molar-refractivity contribution in [3.8, 4) is 0 Å². The van der Waals surface area contributed by atoms with Gasteiger partial charge in [0.1, 0.15) is 12.4 Å². The van der Waals surface area contributed by atoms with Crippen molar-refractivity contribution in [3.05, 3.63) is 18.9 Å². The van der Waals surface area contributed by atoms with Crippen LogP contribution in [0.5, 0.6) is 0 Å². The van der Waals surface area contributed by atoms with Crippen LogP contribution in [0.3, 0.4) is 0 Å².